The Hall–Kier alpha value is -2.44. The predicted octanol–water partition coefficient (Wildman–Crippen LogP) is 3.45. The van der Waals surface area contributed by atoms with E-state index in [9.17, 15) is 4.79 Å². The van der Waals surface area contributed by atoms with Crippen molar-refractivity contribution < 1.29 is 19.0 Å². The molecule has 1 aliphatic heterocycles. The maximum Gasteiger partial charge on any atom is 0.255 e. The van der Waals surface area contributed by atoms with Crippen LogP contribution in [0.1, 0.15) is 10.4 Å². The van der Waals surface area contributed by atoms with Crippen molar-refractivity contribution in [3.8, 4) is 11.5 Å². The number of ether oxygens (including phenoxy) is 3. The lowest BCUT2D eigenvalue weighted by atomic mass is 10.1. The number of carbonyl (C=O) groups is 1. The van der Waals surface area contributed by atoms with Crippen LogP contribution in [0.2, 0.25) is 5.02 Å². The first kappa shape index (κ1) is 18.4. The molecule has 6 nitrogen and oxygen atoms in total. The number of anilines is 2. The van der Waals surface area contributed by atoms with E-state index < -0.39 is 0 Å². The van der Waals surface area contributed by atoms with Gasteiger partial charge in [-0.25, -0.2) is 0 Å². The van der Waals surface area contributed by atoms with E-state index >= 15 is 0 Å². The third-order valence-corrected chi connectivity index (χ3v) is 4.41. The van der Waals surface area contributed by atoms with Gasteiger partial charge in [0, 0.05) is 29.7 Å². The number of hydrogen-bond donors (Lipinski definition) is 1. The number of amides is 1. The fourth-order valence-corrected chi connectivity index (χ4v) is 2.99. The number of rotatable bonds is 5. The molecule has 2 aromatic rings. The van der Waals surface area contributed by atoms with E-state index in [4.69, 9.17) is 25.8 Å². The second-order valence-electron chi connectivity index (χ2n) is 5.82. The first-order chi connectivity index (χ1) is 12.6. The molecule has 1 amide bonds. The smallest absolute Gasteiger partial charge is 0.255 e. The number of nitrogens with zero attached hydrogens (tertiary/aromatic N) is 1. The molecule has 0 saturated carbocycles. The van der Waals surface area contributed by atoms with Crippen molar-refractivity contribution in [3.63, 3.8) is 0 Å². The largest absolute Gasteiger partial charge is 0.497 e. The summed E-state index contributed by atoms with van der Waals surface area (Å²) in [6.45, 7) is 2.83. The topological polar surface area (TPSA) is 60.0 Å². The van der Waals surface area contributed by atoms with E-state index in [1.165, 1.54) is 0 Å². The Morgan fingerprint density at radius 3 is 2.35 bits per heavy atom. The number of morpholine rings is 1. The number of hydrogen-bond acceptors (Lipinski definition) is 5. The van der Waals surface area contributed by atoms with Gasteiger partial charge in [-0.2, -0.15) is 0 Å². The van der Waals surface area contributed by atoms with E-state index in [1.807, 2.05) is 12.1 Å². The van der Waals surface area contributed by atoms with Crippen molar-refractivity contribution in [1.29, 1.82) is 0 Å². The Bertz CT molecular complexity index is 769. The molecule has 7 heteroatoms. The normalized spacial score (nSPS) is 14.0. The van der Waals surface area contributed by atoms with Crippen molar-refractivity contribution in [2.75, 3.05) is 50.7 Å². The molecule has 0 spiro atoms. The molecule has 0 aromatic heterocycles. The molecule has 2 aromatic carbocycles. The molecular weight excluding hydrogens is 356 g/mol. The Balaban J connectivity index is 1.88. The van der Waals surface area contributed by atoms with E-state index in [2.05, 4.69) is 10.2 Å². The van der Waals surface area contributed by atoms with Gasteiger partial charge in [-0.15, -0.1) is 0 Å². The van der Waals surface area contributed by atoms with Gasteiger partial charge in [0.05, 0.1) is 38.8 Å². The standard InChI is InChI=1S/C19H21ClN2O4/c1-24-15-9-13(10-16(12-15)25-2)19(23)21-17-11-14(20)3-4-18(17)22-5-7-26-8-6-22/h3-4,9-12H,5-8H2,1-2H3,(H,21,23). The minimum absolute atomic E-state index is 0.265. The highest BCUT2D eigenvalue weighted by atomic mass is 35.5. The molecule has 1 saturated heterocycles. The zero-order valence-electron chi connectivity index (χ0n) is 14.8. The summed E-state index contributed by atoms with van der Waals surface area (Å²) in [4.78, 5) is 15.0. The molecule has 3 rings (SSSR count). The molecule has 1 N–H and O–H groups in total. The van der Waals surface area contributed by atoms with Crippen LogP contribution in [0.5, 0.6) is 11.5 Å². The molecule has 1 aliphatic rings. The fourth-order valence-electron chi connectivity index (χ4n) is 2.82. The van der Waals surface area contributed by atoms with Gasteiger partial charge in [0.25, 0.3) is 5.91 Å². The lowest BCUT2D eigenvalue weighted by Gasteiger charge is -2.30. The Labute approximate surface area is 157 Å². The highest BCUT2D eigenvalue weighted by Crippen LogP contribution is 2.31. The van der Waals surface area contributed by atoms with Gasteiger partial charge in [-0.05, 0) is 30.3 Å². The number of nitrogens with one attached hydrogen (secondary N) is 1. The average molecular weight is 377 g/mol. The summed E-state index contributed by atoms with van der Waals surface area (Å²) in [6.07, 6.45) is 0. The maximum absolute atomic E-state index is 12.8. The van der Waals surface area contributed by atoms with Gasteiger partial charge in [-0.3, -0.25) is 4.79 Å². The summed E-state index contributed by atoms with van der Waals surface area (Å²) >= 11 is 6.15. The van der Waals surface area contributed by atoms with Crippen LogP contribution >= 0.6 is 11.6 Å². The summed E-state index contributed by atoms with van der Waals surface area (Å²) < 4.78 is 15.9. The van der Waals surface area contributed by atoms with Crippen LogP contribution in [0.3, 0.4) is 0 Å². The molecule has 0 aliphatic carbocycles. The zero-order chi connectivity index (χ0) is 18.5. The molecule has 26 heavy (non-hydrogen) atoms. The highest BCUT2D eigenvalue weighted by molar-refractivity contribution is 6.31. The zero-order valence-corrected chi connectivity index (χ0v) is 15.5. The first-order valence-electron chi connectivity index (χ1n) is 8.27. The lowest BCUT2D eigenvalue weighted by Crippen LogP contribution is -2.36. The second kappa shape index (κ2) is 8.29. The van der Waals surface area contributed by atoms with Crippen molar-refractivity contribution >= 4 is 28.9 Å². The van der Waals surface area contributed by atoms with Crippen molar-refractivity contribution in [1.82, 2.24) is 0 Å². The molecule has 0 bridgehead atoms. The summed E-state index contributed by atoms with van der Waals surface area (Å²) in [5.74, 6) is 0.835. The van der Waals surface area contributed by atoms with Crippen LogP contribution in [0.25, 0.3) is 0 Å². The van der Waals surface area contributed by atoms with Gasteiger partial charge in [0.2, 0.25) is 0 Å². The summed E-state index contributed by atoms with van der Waals surface area (Å²) in [7, 11) is 3.09. The van der Waals surface area contributed by atoms with Gasteiger partial charge < -0.3 is 24.4 Å². The van der Waals surface area contributed by atoms with Crippen LogP contribution in [0.15, 0.2) is 36.4 Å². The van der Waals surface area contributed by atoms with Crippen LogP contribution < -0.4 is 19.7 Å². The van der Waals surface area contributed by atoms with E-state index in [0.29, 0.717) is 41.0 Å². The van der Waals surface area contributed by atoms with Gasteiger partial charge in [0.15, 0.2) is 0 Å². The predicted molar refractivity (Wildman–Crippen MR) is 102 cm³/mol. The SMILES string of the molecule is COc1cc(OC)cc(C(=O)Nc2cc(Cl)ccc2N2CCOCC2)c1. The summed E-state index contributed by atoms with van der Waals surface area (Å²) in [5.41, 5.74) is 2.02. The lowest BCUT2D eigenvalue weighted by molar-refractivity contribution is 0.102. The molecule has 0 atom stereocenters. The third kappa shape index (κ3) is 4.20. The van der Waals surface area contributed by atoms with Crippen molar-refractivity contribution in [3.05, 3.63) is 47.0 Å². The fraction of sp³-hybridized carbons (Fsp3) is 0.316. The molecule has 1 heterocycles. The first-order valence-corrected chi connectivity index (χ1v) is 8.65. The Morgan fingerprint density at radius 2 is 1.73 bits per heavy atom. The van der Waals surface area contributed by atoms with Crippen molar-refractivity contribution in [2.45, 2.75) is 0 Å². The number of carbonyl (C=O) groups excluding carboxylic acids is 1. The molecule has 1 fully saturated rings. The summed E-state index contributed by atoms with van der Waals surface area (Å²) in [5, 5.41) is 3.51. The molecule has 0 unspecified atom stereocenters. The molecular formula is C19H21ClN2O4. The Morgan fingerprint density at radius 1 is 1.08 bits per heavy atom. The van der Waals surface area contributed by atoms with Crippen LogP contribution in [-0.2, 0) is 4.74 Å². The Kier molecular flexibility index (Phi) is 5.85. The van der Waals surface area contributed by atoms with Gasteiger partial charge in [-0.1, -0.05) is 11.6 Å². The summed E-state index contributed by atoms with van der Waals surface area (Å²) in [6, 6.07) is 10.5. The number of halogens is 1. The average Bonchev–Trinajstić information content (AvgIpc) is 2.68. The molecule has 138 valence electrons. The number of methoxy groups -OCH3 is 2. The maximum atomic E-state index is 12.8. The minimum atomic E-state index is -0.265. The van der Waals surface area contributed by atoms with Crippen LogP contribution in [0.4, 0.5) is 11.4 Å². The van der Waals surface area contributed by atoms with E-state index in [-0.39, 0.29) is 5.91 Å². The van der Waals surface area contributed by atoms with Crippen LogP contribution in [-0.4, -0.2) is 46.4 Å². The highest BCUT2D eigenvalue weighted by Gasteiger charge is 2.18. The van der Waals surface area contributed by atoms with Gasteiger partial charge >= 0.3 is 0 Å². The van der Waals surface area contributed by atoms with E-state index in [0.717, 1.165) is 18.8 Å². The van der Waals surface area contributed by atoms with Crippen LogP contribution in [0, 0.1) is 0 Å². The van der Waals surface area contributed by atoms with Gasteiger partial charge in [0.1, 0.15) is 11.5 Å². The quantitative estimate of drug-likeness (QED) is 0.866. The molecule has 0 radical (unpaired) electrons. The third-order valence-electron chi connectivity index (χ3n) is 4.17. The monoisotopic (exact) mass is 376 g/mol. The minimum Gasteiger partial charge on any atom is -0.497 e. The van der Waals surface area contributed by atoms with Crippen molar-refractivity contribution in [2.24, 2.45) is 0 Å². The number of benzene rings is 2. The second-order valence-corrected chi connectivity index (χ2v) is 6.25. The van der Waals surface area contributed by atoms with E-state index in [1.54, 1.807) is 38.5 Å².